The number of hydrogen-bond donors (Lipinski definition) is 3. The molecule has 10 heteroatoms. The maximum Gasteiger partial charge on any atom is 0.246 e. The predicted molar refractivity (Wildman–Crippen MR) is 157 cm³/mol. The molecule has 1 aromatic heterocycles. The average molecular weight is 550 g/mol. The lowest BCUT2D eigenvalue weighted by Crippen LogP contribution is -2.44. The van der Waals surface area contributed by atoms with Gasteiger partial charge in [-0.2, -0.15) is 4.98 Å². The summed E-state index contributed by atoms with van der Waals surface area (Å²) >= 11 is 0. The van der Waals surface area contributed by atoms with Crippen molar-refractivity contribution in [2.45, 2.75) is 45.1 Å². The van der Waals surface area contributed by atoms with Crippen molar-refractivity contribution in [3.8, 4) is 11.8 Å². The Morgan fingerprint density at radius 2 is 2.05 bits per heavy atom. The maximum absolute atomic E-state index is 13.6. The minimum absolute atomic E-state index is 0.0117. The summed E-state index contributed by atoms with van der Waals surface area (Å²) < 4.78 is 13.6. The molecule has 3 rings (SSSR count). The highest BCUT2D eigenvalue weighted by molar-refractivity contribution is 5.91. The zero-order valence-corrected chi connectivity index (χ0v) is 23.8. The number of halogens is 1. The van der Waals surface area contributed by atoms with Crippen LogP contribution in [0.4, 0.5) is 21.8 Å². The van der Waals surface area contributed by atoms with Gasteiger partial charge in [0.15, 0.2) is 0 Å². The van der Waals surface area contributed by atoms with Gasteiger partial charge < -0.3 is 25.8 Å². The number of nitrogens with zero attached hydrogens (tertiary/aromatic N) is 4. The molecule has 0 radical (unpaired) electrons. The SMILES string of the molecule is CCCNc1nc(Nc2cccc(F)c2)ncc1C#C[C@@H]1CCC[C@H](NC(=O)CN(C)C(=O)/C=C/CN(C)C)C1. The van der Waals surface area contributed by atoms with Crippen molar-refractivity contribution in [1.82, 2.24) is 25.1 Å². The summed E-state index contributed by atoms with van der Waals surface area (Å²) in [7, 11) is 5.48. The van der Waals surface area contributed by atoms with E-state index in [2.05, 4.69) is 44.7 Å². The standard InChI is InChI=1S/C30H40FN7O2/c1-5-16-32-29-23(20-33-30(36-29)35-26-12-7-10-24(31)19-26)15-14-22-9-6-11-25(18-22)34-27(39)21-38(4)28(40)13-8-17-37(2)3/h7-8,10,12-13,19-20,22,25H,5-6,9,11,16-18,21H2,1-4H3,(H,34,39)(H2,32,33,35,36)/b13-8+/t22-,25-/m0/s1. The van der Waals surface area contributed by atoms with Crippen molar-refractivity contribution >= 4 is 29.3 Å². The van der Waals surface area contributed by atoms with Crippen LogP contribution in [0.5, 0.6) is 0 Å². The number of carbonyl (C=O) groups is 2. The molecule has 0 saturated heterocycles. The van der Waals surface area contributed by atoms with E-state index < -0.39 is 0 Å². The van der Waals surface area contributed by atoms with Crippen LogP contribution in [0.25, 0.3) is 0 Å². The lowest BCUT2D eigenvalue weighted by Gasteiger charge is -2.27. The highest BCUT2D eigenvalue weighted by Gasteiger charge is 2.23. The van der Waals surface area contributed by atoms with Crippen LogP contribution in [0.3, 0.4) is 0 Å². The molecule has 2 aromatic rings. The molecule has 0 unspecified atom stereocenters. The van der Waals surface area contributed by atoms with E-state index in [9.17, 15) is 14.0 Å². The Hall–Kier alpha value is -3.97. The fourth-order valence-electron chi connectivity index (χ4n) is 4.30. The topological polar surface area (TPSA) is 102 Å². The first-order valence-corrected chi connectivity index (χ1v) is 13.7. The Balaban J connectivity index is 1.59. The Kier molecular flexibility index (Phi) is 11.9. The Morgan fingerprint density at radius 3 is 2.80 bits per heavy atom. The molecular formula is C30H40FN7O2. The Morgan fingerprint density at radius 1 is 1.23 bits per heavy atom. The molecule has 1 saturated carbocycles. The van der Waals surface area contributed by atoms with E-state index in [1.54, 1.807) is 31.5 Å². The van der Waals surface area contributed by atoms with Crippen molar-refractivity contribution in [3.05, 3.63) is 54.0 Å². The second kappa shape index (κ2) is 15.6. The van der Waals surface area contributed by atoms with Crippen LogP contribution in [0.1, 0.15) is 44.6 Å². The molecule has 214 valence electrons. The van der Waals surface area contributed by atoms with Gasteiger partial charge in [0, 0.05) is 43.9 Å². The Bertz CT molecular complexity index is 1240. The zero-order chi connectivity index (χ0) is 28.9. The number of benzene rings is 1. The van der Waals surface area contributed by atoms with E-state index in [4.69, 9.17) is 0 Å². The summed E-state index contributed by atoms with van der Waals surface area (Å²) in [6.45, 7) is 3.47. The third-order valence-corrected chi connectivity index (χ3v) is 6.35. The molecule has 0 bridgehead atoms. The highest BCUT2D eigenvalue weighted by Crippen LogP contribution is 2.24. The fraction of sp³-hybridized carbons (Fsp3) is 0.467. The minimum atomic E-state index is -0.341. The van der Waals surface area contributed by atoms with Gasteiger partial charge in [-0.3, -0.25) is 9.59 Å². The van der Waals surface area contributed by atoms with Crippen LogP contribution in [-0.4, -0.2) is 78.4 Å². The molecule has 1 fully saturated rings. The van der Waals surface area contributed by atoms with Crippen LogP contribution in [-0.2, 0) is 9.59 Å². The van der Waals surface area contributed by atoms with Crippen molar-refractivity contribution in [3.63, 3.8) is 0 Å². The third-order valence-electron chi connectivity index (χ3n) is 6.35. The van der Waals surface area contributed by atoms with Gasteiger partial charge in [0.25, 0.3) is 0 Å². The molecular weight excluding hydrogens is 509 g/mol. The minimum Gasteiger partial charge on any atom is -0.369 e. The molecule has 40 heavy (non-hydrogen) atoms. The maximum atomic E-state index is 13.6. The molecule has 1 aliphatic rings. The molecule has 3 N–H and O–H groups in total. The van der Waals surface area contributed by atoms with Crippen molar-refractivity contribution in [2.24, 2.45) is 5.92 Å². The number of carbonyl (C=O) groups excluding carboxylic acids is 2. The summed E-state index contributed by atoms with van der Waals surface area (Å²) in [5.41, 5.74) is 1.25. The molecule has 1 heterocycles. The number of likely N-dealkylation sites (N-methyl/N-ethyl adjacent to an activating group) is 2. The van der Waals surface area contributed by atoms with Crippen molar-refractivity contribution in [1.29, 1.82) is 0 Å². The van der Waals surface area contributed by atoms with E-state index in [1.807, 2.05) is 19.0 Å². The van der Waals surface area contributed by atoms with Crippen molar-refractivity contribution in [2.75, 3.05) is 51.4 Å². The number of nitrogens with one attached hydrogen (secondary N) is 3. The summed E-state index contributed by atoms with van der Waals surface area (Å²) in [5.74, 6) is 6.98. The Labute approximate surface area is 236 Å². The van der Waals surface area contributed by atoms with Crippen LogP contribution in [0.2, 0.25) is 0 Å². The predicted octanol–water partition coefficient (Wildman–Crippen LogP) is 3.78. The van der Waals surface area contributed by atoms with Crippen LogP contribution in [0.15, 0.2) is 42.6 Å². The third kappa shape index (κ3) is 10.3. The van der Waals surface area contributed by atoms with E-state index in [0.717, 1.165) is 38.6 Å². The van der Waals surface area contributed by atoms with Gasteiger partial charge in [-0.15, -0.1) is 0 Å². The molecule has 1 aromatic carbocycles. The van der Waals surface area contributed by atoms with E-state index in [-0.39, 0.29) is 36.1 Å². The molecule has 0 spiro atoms. The van der Waals surface area contributed by atoms with Crippen LogP contribution in [0, 0.1) is 23.6 Å². The molecule has 2 amide bonds. The largest absolute Gasteiger partial charge is 0.369 e. The lowest BCUT2D eigenvalue weighted by atomic mass is 9.86. The van der Waals surface area contributed by atoms with Gasteiger partial charge in [0.05, 0.1) is 18.3 Å². The second-order valence-electron chi connectivity index (χ2n) is 10.3. The van der Waals surface area contributed by atoms with Gasteiger partial charge in [0.2, 0.25) is 17.8 Å². The number of rotatable bonds is 11. The quantitative estimate of drug-likeness (QED) is 0.290. The molecule has 0 aliphatic heterocycles. The van der Waals surface area contributed by atoms with Gasteiger partial charge in [-0.1, -0.05) is 37.3 Å². The smallest absolute Gasteiger partial charge is 0.246 e. The van der Waals surface area contributed by atoms with Crippen molar-refractivity contribution < 1.29 is 14.0 Å². The number of hydrogen-bond acceptors (Lipinski definition) is 7. The molecule has 1 aliphatic carbocycles. The average Bonchev–Trinajstić information content (AvgIpc) is 2.91. The summed E-state index contributed by atoms with van der Waals surface area (Å²) in [4.78, 5) is 37.1. The monoisotopic (exact) mass is 549 g/mol. The summed E-state index contributed by atoms with van der Waals surface area (Å²) in [5, 5.41) is 9.41. The summed E-state index contributed by atoms with van der Waals surface area (Å²) in [6, 6.07) is 6.15. The lowest BCUT2D eigenvalue weighted by molar-refractivity contribution is -0.131. The molecule has 2 atom stereocenters. The highest BCUT2D eigenvalue weighted by atomic mass is 19.1. The number of anilines is 3. The van der Waals surface area contributed by atoms with E-state index in [1.165, 1.54) is 23.1 Å². The van der Waals surface area contributed by atoms with E-state index in [0.29, 0.717) is 29.6 Å². The van der Waals surface area contributed by atoms with Gasteiger partial charge in [-0.05, 0) is 58.0 Å². The first-order chi connectivity index (χ1) is 19.2. The molecule has 9 nitrogen and oxygen atoms in total. The van der Waals surface area contributed by atoms with Gasteiger partial charge in [-0.25, -0.2) is 9.37 Å². The fourth-order valence-corrected chi connectivity index (χ4v) is 4.30. The summed E-state index contributed by atoms with van der Waals surface area (Å²) in [6.07, 6.45) is 9.41. The van der Waals surface area contributed by atoms with Gasteiger partial charge in [0.1, 0.15) is 11.6 Å². The van der Waals surface area contributed by atoms with Crippen LogP contribution < -0.4 is 16.0 Å². The number of amides is 2. The van der Waals surface area contributed by atoms with Crippen LogP contribution >= 0.6 is 0 Å². The normalized spacial score (nSPS) is 16.8. The first kappa shape index (κ1) is 30.6. The zero-order valence-electron chi connectivity index (χ0n) is 23.8. The second-order valence-corrected chi connectivity index (χ2v) is 10.3. The first-order valence-electron chi connectivity index (χ1n) is 13.7. The van der Waals surface area contributed by atoms with Gasteiger partial charge >= 0.3 is 0 Å². The number of aromatic nitrogens is 2. The van der Waals surface area contributed by atoms with E-state index >= 15 is 0 Å².